The lowest BCUT2D eigenvalue weighted by molar-refractivity contribution is -0.136. The summed E-state index contributed by atoms with van der Waals surface area (Å²) in [6, 6.07) is 1.96. The van der Waals surface area contributed by atoms with E-state index in [0.717, 1.165) is 19.2 Å². The van der Waals surface area contributed by atoms with E-state index in [1.165, 1.54) is 0 Å². The fourth-order valence-corrected chi connectivity index (χ4v) is 1.30. The molecule has 1 N–H and O–H groups in total. The van der Waals surface area contributed by atoms with E-state index in [2.05, 4.69) is 4.74 Å². The van der Waals surface area contributed by atoms with Gasteiger partial charge in [0.2, 0.25) is 0 Å². The van der Waals surface area contributed by atoms with Gasteiger partial charge in [0.15, 0.2) is 11.6 Å². The van der Waals surface area contributed by atoms with E-state index in [1.54, 1.807) is 0 Å². The van der Waals surface area contributed by atoms with Crippen molar-refractivity contribution in [3.05, 3.63) is 34.9 Å². The Balaban J connectivity index is 3.05. The second-order valence-corrected chi connectivity index (χ2v) is 3.32. The number of benzene rings is 1. The van der Waals surface area contributed by atoms with Crippen LogP contribution in [0.2, 0.25) is 0 Å². The fraction of sp³-hybridized carbons (Fsp3) is 0.273. The Morgan fingerprint density at radius 3 is 2.53 bits per heavy atom. The molecule has 0 radical (unpaired) electrons. The molecule has 0 amide bonds. The summed E-state index contributed by atoms with van der Waals surface area (Å²) in [5, 5.41) is 8.46. The van der Waals surface area contributed by atoms with Crippen LogP contribution < -0.4 is 0 Å². The topological polar surface area (TPSA) is 63.6 Å². The number of halogens is 2. The van der Waals surface area contributed by atoms with Crippen molar-refractivity contribution in [3.63, 3.8) is 0 Å². The monoisotopic (exact) mass is 244 g/mol. The minimum Gasteiger partial charge on any atom is -0.481 e. The van der Waals surface area contributed by atoms with E-state index >= 15 is 0 Å². The van der Waals surface area contributed by atoms with E-state index in [9.17, 15) is 18.4 Å². The van der Waals surface area contributed by atoms with Gasteiger partial charge in [0.25, 0.3) is 0 Å². The SMILES string of the molecule is COC(=O)c1cc(CCC(=O)O)cc(F)c1F. The van der Waals surface area contributed by atoms with Crippen molar-refractivity contribution in [2.24, 2.45) is 0 Å². The molecule has 0 aliphatic rings. The number of hydrogen-bond acceptors (Lipinski definition) is 3. The number of ether oxygens (including phenoxy) is 1. The average molecular weight is 244 g/mol. The number of carboxylic acids is 1. The zero-order valence-corrected chi connectivity index (χ0v) is 9.00. The summed E-state index contributed by atoms with van der Waals surface area (Å²) in [5.41, 5.74) is -0.306. The van der Waals surface area contributed by atoms with Gasteiger partial charge < -0.3 is 9.84 Å². The highest BCUT2D eigenvalue weighted by Gasteiger charge is 2.17. The Morgan fingerprint density at radius 2 is 2.00 bits per heavy atom. The molecule has 6 heteroatoms. The summed E-state index contributed by atoms with van der Waals surface area (Å²) in [5.74, 6) is -4.56. The van der Waals surface area contributed by atoms with E-state index < -0.39 is 29.1 Å². The molecule has 0 spiro atoms. The third kappa shape index (κ3) is 3.24. The van der Waals surface area contributed by atoms with Gasteiger partial charge in [-0.15, -0.1) is 0 Å². The number of aliphatic carboxylic acids is 1. The number of aryl methyl sites for hydroxylation is 1. The second-order valence-electron chi connectivity index (χ2n) is 3.32. The van der Waals surface area contributed by atoms with Crippen molar-refractivity contribution in [2.45, 2.75) is 12.8 Å². The summed E-state index contributed by atoms with van der Waals surface area (Å²) in [6.45, 7) is 0. The van der Waals surface area contributed by atoms with Gasteiger partial charge in [-0.3, -0.25) is 4.79 Å². The van der Waals surface area contributed by atoms with Crippen LogP contribution in [0.1, 0.15) is 22.3 Å². The molecule has 0 bridgehead atoms. The minimum atomic E-state index is -1.30. The first-order valence-corrected chi connectivity index (χ1v) is 4.73. The zero-order chi connectivity index (χ0) is 13.0. The van der Waals surface area contributed by atoms with E-state index in [-0.39, 0.29) is 18.4 Å². The predicted octanol–water partition coefficient (Wildman–Crippen LogP) is 1.77. The zero-order valence-electron chi connectivity index (χ0n) is 9.00. The van der Waals surface area contributed by atoms with Crippen molar-refractivity contribution in [1.29, 1.82) is 0 Å². The first-order chi connectivity index (χ1) is 7.95. The number of carboxylic acid groups (broad SMARTS) is 1. The van der Waals surface area contributed by atoms with E-state index in [0.29, 0.717) is 0 Å². The maximum absolute atomic E-state index is 13.2. The first kappa shape index (κ1) is 13.1. The molecule has 1 aromatic rings. The first-order valence-electron chi connectivity index (χ1n) is 4.73. The molecule has 0 saturated carbocycles. The number of methoxy groups -OCH3 is 1. The normalized spacial score (nSPS) is 10.1. The summed E-state index contributed by atoms with van der Waals surface area (Å²) in [7, 11) is 1.05. The smallest absolute Gasteiger partial charge is 0.340 e. The molecule has 1 rings (SSSR count). The molecule has 0 atom stereocenters. The number of carbonyl (C=O) groups excluding carboxylic acids is 1. The highest BCUT2D eigenvalue weighted by Crippen LogP contribution is 2.17. The Morgan fingerprint density at radius 1 is 1.35 bits per heavy atom. The molecule has 4 nitrogen and oxygen atoms in total. The molecule has 0 unspecified atom stereocenters. The maximum Gasteiger partial charge on any atom is 0.340 e. The molecule has 0 aliphatic heterocycles. The van der Waals surface area contributed by atoms with Crippen LogP contribution in [0.5, 0.6) is 0 Å². The summed E-state index contributed by atoms with van der Waals surface area (Å²) in [6.07, 6.45) is -0.220. The van der Waals surface area contributed by atoms with Gasteiger partial charge in [-0.25, -0.2) is 13.6 Å². The van der Waals surface area contributed by atoms with Crippen LogP contribution >= 0.6 is 0 Å². The molecular weight excluding hydrogens is 234 g/mol. The average Bonchev–Trinajstić information content (AvgIpc) is 2.29. The van der Waals surface area contributed by atoms with Gasteiger partial charge in [-0.1, -0.05) is 0 Å². The largest absolute Gasteiger partial charge is 0.481 e. The lowest BCUT2D eigenvalue weighted by Crippen LogP contribution is -2.08. The number of hydrogen-bond donors (Lipinski definition) is 1. The van der Waals surface area contributed by atoms with Crippen LogP contribution in [0.3, 0.4) is 0 Å². The van der Waals surface area contributed by atoms with Gasteiger partial charge in [-0.2, -0.15) is 0 Å². The van der Waals surface area contributed by atoms with Crippen LogP contribution in [-0.4, -0.2) is 24.2 Å². The Bertz CT molecular complexity index is 457. The minimum absolute atomic E-state index is 0.0104. The highest BCUT2D eigenvalue weighted by atomic mass is 19.2. The molecule has 0 fully saturated rings. The van der Waals surface area contributed by atoms with Gasteiger partial charge in [0.1, 0.15) is 0 Å². The molecular formula is C11H10F2O4. The Kier molecular flexibility index (Phi) is 4.14. The highest BCUT2D eigenvalue weighted by molar-refractivity contribution is 5.89. The van der Waals surface area contributed by atoms with Gasteiger partial charge in [0.05, 0.1) is 12.7 Å². The maximum atomic E-state index is 13.2. The van der Waals surface area contributed by atoms with Crippen molar-refractivity contribution in [2.75, 3.05) is 7.11 Å². The van der Waals surface area contributed by atoms with E-state index in [4.69, 9.17) is 5.11 Å². The van der Waals surface area contributed by atoms with Gasteiger partial charge >= 0.3 is 11.9 Å². The van der Waals surface area contributed by atoms with Crippen molar-refractivity contribution in [3.8, 4) is 0 Å². The fourth-order valence-electron chi connectivity index (χ4n) is 1.30. The molecule has 92 valence electrons. The van der Waals surface area contributed by atoms with Gasteiger partial charge in [0, 0.05) is 6.42 Å². The molecule has 17 heavy (non-hydrogen) atoms. The van der Waals surface area contributed by atoms with Crippen molar-refractivity contribution < 1.29 is 28.2 Å². The molecule has 0 saturated heterocycles. The van der Waals surface area contributed by atoms with Crippen LogP contribution in [-0.2, 0) is 16.0 Å². The molecule has 0 heterocycles. The molecule has 0 aliphatic carbocycles. The van der Waals surface area contributed by atoms with Gasteiger partial charge in [-0.05, 0) is 24.1 Å². The number of carbonyl (C=O) groups is 2. The van der Waals surface area contributed by atoms with Crippen molar-refractivity contribution in [1.82, 2.24) is 0 Å². The number of rotatable bonds is 4. The standard InChI is InChI=1S/C11H10F2O4/c1-17-11(16)7-4-6(2-3-9(14)15)5-8(12)10(7)13/h4-5H,2-3H2,1H3,(H,14,15). The summed E-state index contributed by atoms with van der Waals surface area (Å²) in [4.78, 5) is 21.5. The molecule has 1 aromatic carbocycles. The number of esters is 1. The summed E-state index contributed by atoms with van der Waals surface area (Å²) >= 11 is 0. The third-order valence-electron chi connectivity index (χ3n) is 2.12. The van der Waals surface area contributed by atoms with E-state index in [1.807, 2.05) is 0 Å². The Labute approximate surface area is 95.8 Å². The van der Waals surface area contributed by atoms with Crippen LogP contribution in [0.25, 0.3) is 0 Å². The lowest BCUT2D eigenvalue weighted by atomic mass is 10.1. The third-order valence-corrected chi connectivity index (χ3v) is 2.12. The van der Waals surface area contributed by atoms with Crippen LogP contribution in [0.4, 0.5) is 8.78 Å². The quantitative estimate of drug-likeness (QED) is 0.820. The molecule has 0 aromatic heterocycles. The van der Waals surface area contributed by atoms with Crippen molar-refractivity contribution >= 4 is 11.9 Å². The predicted molar refractivity (Wildman–Crippen MR) is 53.7 cm³/mol. The van der Waals surface area contributed by atoms with Crippen LogP contribution in [0.15, 0.2) is 12.1 Å². The lowest BCUT2D eigenvalue weighted by Gasteiger charge is -2.05. The second kappa shape index (κ2) is 5.38. The van der Waals surface area contributed by atoms with Crippen LogP contribution in [0, 0.1) is 11.6 Å². The Hall–Kier alpha value is -1.98. The summed E-state index contributed by atoms with van der Waals surface area (Å²) < 4.78 is 30.6.